The highest BCUT2D eigenvalue weighted by Gasteiger charge is 2.07. The highest BCUT2D eigenvalue weighted by molar-refractivity contribution is 7.98. The summed E-state index contributed by atoms with van der Waals surface area (Å²) in [5.41, 5.74) is 0.964. The SMILES string of the molecule is CSCCC(C)Nc1ccc(S(C)(=O)=O)cc1. The van der Waals surface area contributed by atoms with Crippen molar-refractivity contribution in [3.05, 3.63) is 24.3 Å². The van der Waals surface area contributed by atoms with Crippen LogP contribution in [0.5, 0.6) is 0 Å². The van der Waals surface area contributed by atoms with Gasteiger partial charge in [0.1, 0.15) is 0 Å². The van der Waals surface area contributed by atoms with Gasteiger partial charge in [-0.2, -0.15) is 11.8 Å². The summed E-state index contributed by atoms with van der Waals surface area (Å²) in [6, 6.07) is 7.29. The van der Waals surface area contributed by atoms with Crippen LogP contribution in [-0.2, 0) is 9.84 Å². The number of nitrogens with one attached hydrogen (secondary N) is 1. The molecule has 1 aromatic rings. The second-order valence-electron chi connectivity index (χ2n) is 4.12. The zero-order chi connectivity index (χ0) is 12.9. The van der Waals surface area contributed by atoms with E-state index in [2.05, 4.69) is 18.5 Å². The Morgan fingerprint density at radius 1 is 1.29 bits per heavy atom. The minimum atomic E-state index is -3.09. The minimum Gasteiger partial charge on any atom is -0.383 e. The van der Waals surface area contributed by atoms with Crippen molar-refractivity contribution in [2.24, 2.45) is 0 Å². The fraction of sp³-hybridized carbons (Fsp3) is 0.500. The third-order valence-electron chi connectivity index (χ3n) is 2.45. The lowest BCUT2D eigenvalue weighted by atomic mass is 10.2. The maximum absolute atomic E-state index is 11.3. The van der Waals surface area contributed by atoms with Crippen LogP contribution in [0, 0.1) is 0 Å². The van der Waals surface area contributed by atoms with Gasteiger partial charge in [0.25, 0.3) is 0 Å². The number of rotatable bonds is 6. The van der Waals surface area contributed by atoms with Crippen LogP contribution in [0.1, 0.15) is 13.3 Å². The lowest BCUT2D eigenvalue weighted by molar-refractivity contribution is 0.602. The molecule has 0 radical (unpaired) electrons. The normalized spacial score (nSPS) is 13.4. The number of sulfone groups is 1. The Morgan fingerprint density at radius 3 is 2.35 bits per heavy atom. The average Bonchev–Trinajstić information content (AvgIpc) is 2.26. The molecule has 0 aliphatic heterocycles. The number of benzene rings is 1. The Hall–Kier alpha value is -0.680. The molecule has 0 saturated carbocycles. The van der Waals surface area contributed by atoms with Crippen molar-refractivity contribution >= 4 is 27.3 Å². The molecule has 1 unspecified atom stereocenters. The van der Waals surface area contributed by atoms with Crippen LogP contribution in [0.25, 0.3) is 0 Å². The van der Waals surface area contributed by atoms with E-state index < -0.39 is 9.84 Å². The Kier molecular flexibility index (Phi) is 5.33. The van der Waals surface area contributed by atoms with Gasteiger partial charge in [-0.05, 0) is 49.6 Å². The van der Waals surface area contributed by atoms with E-state index in [1.807, 2.05) is 23.9 Å². The van der Waals surface area contributed by atoms with E-state index in [-0.39, 0.29) is 0 Å². The van der Waals surface area contributed by atoms with Gasteiger partial charge in [-0.1, -0.05) is 0 Å². The Balaban J connectivity index is 2.63. The quantitative estimate of drug-likeness (QED) is 0.865. The predicted octanol–water partition coefficient (Wildman–Crippen LogP) is 2.64. The van der Waals surface area contributed by atoms with Crippen LogP contribution in [0.3, 0.4) is 0 Å². The Labute approximate surface area is 108 Å². The molecule has 0 aromatic heterocycles. The average molecular weight is 273 g/mol. The lowest BCUT2D eigenvalue weighted by Gasteiger charge is -2.14. The standard InChI is InChI=1S/C12H19NO2S2/c1-10(8-9-16-2)13-11-4-6-12(7-5-11)17(3,14)15/h4-7,10,13H,8-9H2,1-3H3. The van der Waals surface area contributed by atoms with Crippen LogP contribution in [0.4, 0.5) is 5.69 Å². The molecule has 3 nitrogen and oxygen atoms in total. The second kappa shape index (κ2) is 6.31. The van der Waals surface area contributed by atoms with Crippen LogP contribution >= 0.6 is 11.8 Å². The number of hydrogen-bond donors (Lipinski definition) is 1. The van der Waals surface area contributed by atoms with E-state index in [0.29, 0.717) is 10.9 Å². The molecule has 0 aliphatic rings. The third kappa shape index (κ3) is 5.00. The number of hydrogen-bond acceptors (Lipinski definition) is 4. The molecule has 0 fully saturated rings. The molecule has 0 aliphatic carbocycles. The van der Waals surface area contributed by atoms with Gasteiger partial charge in [-0.15, -0.1) is 0 Å². The van der Waals surface area contributed by atoms with Gasteiger partial charge in [-0.3, -0.25) is 0 Å². The first-order valence-corrected chi connectivity index (χ1v) is 8.77. The topological polar surface area (TPSA) is 46.2 Å². The van der Waals surface area contributed by atoms with Crippen molar-refractivity contribution in [3.63, 3.8) is 0 Å². The first-order chi connectivity index (χ1) is 7.93. The van der Waals surface area contributed by atoms with E-state index in [9.17, 15) is 8.42 Å². The van der Waals surface area contributed by atoms with Crippen molar-refractivity contribution in [1.82, 2.24) is 0 Å². The van der Waals surface area contributed by atoms with Crippen molar-refractivity contribution in [2.45, 2.75) is 24.3 Å². The monoisotopic (exact) mass is 273 g/mol. The molecule has 96 valence electrons. The molecule has 0 heterocycles. The van der Waals surface area contributed by atoms with Crippen LogP contribution < -0.4 is 5.32 Å². The summed E-state index contributed by atoms with van der Waals surface area (Å²) in [4.78, 5) is 0.361. The summed E-state index contributed by atoms with van der Waals surface area (Å²) in [7, 11) is -3.09. The number of thioether (sulfide) groups is 1. The molecular weight excluding hydrogens is 254 g/mol. The minimum absolute atomic E-state index is 0.361. The summed E-state index contributed by atoms with van der Waals surface area (Å²) >= 11 is 1.83. The molecule has 1 N–H and O–H groups in total. The van der Waals surface area contributed by atoms with Crippen molar-refractivity contribution in [3.8, 4) is 0 Å². The molecule has 0 bridgehead atoms. The molecule has 1 rings (SSSR count). The van der Waals surface area contributed by atoms with Crippen LogP contribution in [0.2, 0.25) is 0 Å². The molecular formula is C12H19NO2S2. The molecule has 0 saturated heterocycles. The maximum Gasteiger partial charge on any atom is 0.175 e. The zero-order valence-electron chi connectivity index (χ0n) is 10.4. The summed E-state index contributed by atoms with van der Waals surface area (Å²) in [5, 5.41) is 3.35. The lowest BCUT2D eigenvalue weighted by Crippen LogP contribution is -2.15. The van der Waals surface area contributed by atoms with Gasteiger partial charge in [0.15, 0.2) is 9.84 Å². The van der Waals surface area contributed by atoms with Gasteiger partial charge in [0, 0.05) is 18.0 Å². The maximum atomic E-state index is 11.3. The zero-order valence-corrected chi connectivity index (χ0v) is 12.1. The molecule has 17 heavy (non-hydrogen) atoms. The van der Waals surface area contributed by atoms with Gasteiger partial charge in [0.05, 0.1) is 4.90 Å². The van der Waals surface area contributed by atoms with Crippen molar-refractivity contribution in [1.29, 1.82) is 0 Å². The van der Waals surface area contributed by atoms with Gasteiger partial charge >= 0.3 is 0 Å². The predicted molar refractivity (Wildman–Crippen MR) is 75.6 cm³/mol. The third-order valence-corrected chi connectivity index (χ3v) is 4.22. The van der Waals surface area contributed by atoms with E-state index in [1.165, 1.54) is 6.26 Å². The van der Waals surface area contributed by atoms with Crippen LogP contribution in [-0.4, -0.2) is 32.7 Å². The summed E-state index contributed by atoms with van der Waals surface area (Å²) in [6.45, 7) is 2.13. The summed E-state index contributed by atoms with van der Waals surface area (Å²) < 4.78 is 22.6. The summed E-state index contributed by atoms with van der Waals surface area (Å²) in [6.07, 6.45) is 4.40. The Morgan fingerprint density at radius 2 is 1.88 bits per heavy atom. The largest absolute Gasteiger partial charge is 0.383 e. The molecule has 1 aromatic carbocycles. The van der Waals surface area contributed by atoms with E-state index in [4.69, 9.17) is 0 Å². The van der Waals surface area contributed by atoms with E-state index >= 15 is 0 Å². The van der Waals surface area contributed by atoms with Crippen molar-refractivity contribution < 1.29 is 8.42 Å². The van der Waals surface area contributed by atoms with Gasteiger partial charge in [0.2, 0.25) is 0 Å². The number of anilines is 1. The van der Waals surface area contributed by atoms with Gasteiger partial charge < -0.3 is 5.32 Å². The van der Waals surface area contributed by atoms with Crippen LogP contribution in [0.15, 0.2) is 29.2 Å². The van der Waals surface area contributed by atoms with E-state index in [1.54, 1.807) is 12.1 Å². The highest BCUT2D eigenvalue weighted by Crippen LogP contribution is 2.15. The molecule has 0 spiro atoms. The molecule has 0 amide bonds. The molecule has 5 heteroatoms. The molecule has 1 atom stereocenters. The van der Waals surface area contributed by atoms with Crippen molar-refractivity contribution in [2.75, 3.05) is 23.6 Å². The van der Waals surface area contributed by atoms with E-state index in [0.717, 1.165) is 17.9 Å². The Bertz CT molecular complexity index is 440. The first kappa shape index (κ1) is 14.4. The van der Waals surface area contributed by atoms with Gasteiger partial charge in [-0.25, -0.2) is 8.42 Å². The smallest absolute Gasteiger partial charge is 0.175 e. The highest BCUT2D eigenvalue weighted by atomic mass is 32.2. The fourth-order valence-electron chi connectivity index (χ4n) is 1.45. The summed E-state index contributed by atoms with van der Waals surface area (Å²) in [5.74, 6) is 1.12. The second-order valence-corrected chi connectivity index (χ2v) is 7.12. The first-order valence-electron chi connectivity index (χ1n) is 5.49. The fourth-order valence-corrected chi connectivity index (χ4v) is 2.67.